The third-order valence-corrected chi connectivity index (χ3v) is 2.11. The number of halogens is 1. The number of carbonyl (C=O) groups excluding carboxylic acids is 1. The Morgan fingerprint density at radius 1 is 1.32 bits per heavy atom. The summed E-state index contributed by atoms with van der Waals surface area (Å²) in [6.07, 6.45) is -0.691. The first-order chi connectivity index (χ1) is 10.2. The minimum Gasteiger partial charge on any atom is -0.444 e. The highest BCUT2D eigenvalue weighted by Gasteiger charge is 2.16. The minimum absolute atomic E-state index is 0.100. The number of nitrogens with zero attached hydrogens (tertiary/aromatic N) is 3. The average Bonchev–Trinajstić information content (AvgIpc) is 2.41. The third kappa shape index (κ3) is 5.47. The smallest absolute Gasteiger partial charge is 0.412 e. The van der Waals surface area contributed by atoms with E-state index in [-0.39, 0.29) is 11.4 Å². The van der Waals surface area contributed by atoms with Gasteiger partial charge in [-0.05, 0) is 39.0 Å². The first-order valence-corrected chi connectivity index (χ1v) is 6.18. The molecule has 0 heterocycles. The second kappa shape index (κ2) is 7.04. The van der Waals surface area contributed by atoms with E-state index < -0.39 is 23.2 Å². The number of rotatable bonds is 3. The Morgan fingerprint density at radius 3 is 2.50 bits per heavy atom. The summed E-state index contributed by atoms with van der Waals surface area (Å²) in [6.45, 7) is 5.14. The lowest BCUT2D eigenvalue weighted by Gasteiger charge is -2.19. The van der Waals surface area contributed by atoms with Crippen LogP contribution in [0.2, 0.25) is 0 Å². The molecule has 1 amide bonds. The van der Waals surface area contributed by atoms with Gasteiger partial charge in [0.25, 0.3) is 0 Å². The van der Waals surface area contributed by atoms with Crippen LogP contribution in [0.4, 0.5) is 20.6 Å². The monoisotopic (exact) mass is 303 g/mol. The fourth-order valence-electron chi connectivity index (χ4n) is 1.30. The fourth-order valence-corrected chi connectivity index (χ4v) is 1.30. The van der Waals surface area contributed by atoms with E-state index in [0.29, 0.717) is 0 Å². The van der Waals surface area contributed by atoms with Gasteiger partial charge in [0.05, 0.1) is 5.69 Å². The van der Waals surface area contributed by atoms with Crippen molar-refractivity contribution in [1.29, 1.82) is 10.5 Å². The quantitative estimate of drug-likeness (QED) is 0.658. The SMILES string of the molecule is CC(C)(C)OC(=O)Nc1ccc(F)c(NN=C(C#N)C#N)c1. The van der Waals surface area contributed by atoms with E-state index in [4.69, 9.17) is 15.3 Å². The molecule has 0 radical (unpaired) electrons. The second-order valence-corrected chi connectivity index (χ2v) is 5.12. The molecule has 8 heteroatoms. The van der Waals surface area contributed by atoms with E-state index in [2.05, 4.69) is 15.8 Å². The van der Waals surface area contributed by atoms with Gasteiger partial charge < -0.3 is 4.74 Å². The van der Waals surface area contributed by atoms with E-state index in [1.54, 1.807) is 20.8 Å². The molecule has 0 atom stereocenters. The predicted octanol–water partition coefficient (Wildman–Crippen LogP) is 2.99. The maximum Gasteiger partial charge on any atom is 0.412 e. The number of hydrazone groups is 1. The molecule has 0 aromatic heterocycles. The zero-order valence-electron chi connectivity index (χ0n) is 12.3. The van der Waals surface area contributed by atoms with Crippen molar-refractivity contribution < 1.29 is 13.9 Å². The Bertz CT molecular complexity index is 664. The van der Waals surface area contributed by atoms with Crippen LogP contribution in [0.25, 0.3) is 0 Å². The van der Waals surface area contributed by atoms with Crippen molar-refractivity contribution in [3.63, 3.8) is 0 Å². The van der Waals surface area contributed by atoms with Gasteiger partial charge in [0.15, 0.2) is 0 Å². The molecule has 22 heavy (non-hydrogen) atoms. The van der Waals surface area contributed by atoms with Crippen LogP contribution >= 0.6 is 0 Å². The van der Waals surface area contributed by atoms with Crippen molar-refractivity contribution in [2.45, 2.75) is 26.4 Å². The molecule has 7 nitrogen and oxygen atoms in total. The van der Waals surface area contributed by atoms with Crippen molar-refractivity contribution in [3.8, 4) is 12.1 Å². The Morgan fingerprint density at radius 2 is 1.95 bits per heavy atom. The predicted molar refractivity (Wildman–Crippen MR) is 78.5 cm³/mol. The molecule has 0 saturated heterocycles. The van der Waals surface area contributed by atoms with Gasteiger partial charge in [0.1, 0.15) is 23.6 Å². The molecule has 0 saturated carbocycles. The first kappa shape index (κ1) is 16.9. The van der Waals surface area contributed by atoms with Crippen LogP contribution in [0.5, 0.6) is 0 Å². The van der Waals surface area contributed by atoms with Crippen molar-refractivity contribution in [2.24, 2.45) is 5.10 Å². The molecule has 2 N–H and O–H groups in total. The Hall–Kier alpha value is -3.13. The van der Waals surface area contributed by atoms with Crippen LogP contribution < -0.4 is 10.7 Å². The number of anilines is 2. The molecule has 1 aromatic rings. The van der Waals surface area contributed by atoms with E-state index in [9.17, 15) is 9.18 Å². The normalized spacial score (nSPS) is 9.91. The number of nitrogens with one attached hydrogen (secondary N) is 2. The molecule has 0 fully saturated rings. The largest absolute Gasteiger partial charge is 0.444 e. The molecule has 0 spiro atoms. The summed E-state index contributed by atoms with van der Waals surface area (Å²) in [5.74, 6) is -0.659. The zero-order chi connectivity index (χ0) is 16.8. The third-order valence-electron chi connectivity index (χ3n) is 2.11. The number of amides is 1. The van der Waals surface area contributed by atoms with Gasteiger partial charge in [-0.1, -0.05) is 0 Å². The average molecular weight is 303 g/mol. The van der Waals surface area contributed by atoms with Crippen molar-refractivity contribution in [3.05, 3.63) is 24.0 Å². The van der Waals surface area contributed by atoms with E-state index in [0.717, 1.165) is 6.07 Å². The number of carbonyl (C=O) groups is 1. The molecular weight excluding hydrogens is 289 g/mol. The molecule has 0 aliphatic heterocycles. The number of nitriles is 2. The lowest BCUT2D eigenvalue weighted by Crippen LogP contribution is -2.27. The maximum atomic E-state index is 13.6. The van der Waals surface area contributed by atoms with Crippen molar-refractivity contribution in [1.82, 2.24) is 0 Å². The Labute approximate surface area is 127 Å². The Kier molecular flexibility index (Phi) is 5.42. The van der Waals surface area contributed by atoms with Gasteiger partial charge in [0.2, 0.25) is 5.71 Å². The topological polar surface area (TPSA) is 110 Å². The number of benzene rings is 1. The van der Waals surface area contributed by atoms with Crippen LogP contribution in [-0.2, 0) is 4.74 Å². The summed E-state index contributed by atoms with van der Waals surface area (Å²) < 4.78 is 18.7. The number of hydrogen-bond acceptors (Lipinski definition) is 6. The maximum absolute atomic E-state index is 13.6. The number of hydrogen-bond donors (Lipinski definition) is 2. The lowest BCUT2D eigenvalue weighted by atomic mass is 10.2. The summed E-state index contributed by atoms with van der Waals surface area (Å²) in [6, 6.07) is 6.75. The zero-order valence-corrected chi connectivity index (χ0v) is 12.3. The van der Waals surface area contributed by atoms with Crippen LogP contribution in [0.1, 0.15) is 20.8 Å². The Balaban J connectivity index is 2.87. The molecule has 114 valence electrons. The second-order valence-electron chi connectivity index (χ2n) is 5.12. The van der Waals surface area contributed by atoms with Gasteiger partial charge >= 0.3 is 6.09 Å². The standard InChI is InChI=1S/C14H14FN5O2/c1-14(2,3)22-13(21)18-9-4-5-11(15)12(6-9)20-19-10(7-16)8-17/h4-6,20H,1-3H3,(H,18,21). The van der Waals surface area contributed by atoms with E-state index >= 15 is 0 Å². The summed E-state index contributed by atoms with van der Waals surface area (Å²) >= 11 is 0. The van der Waals surface area contributed by atoms with E-state index in [1.165, 1.54) is 24.3 Å². The molecule has 0 unspecified atom stereocenters. The van der Waals surface area contributed by atoms with Crippen LogP contribution in [0, 0.1) is 28.5 Å². The molecule has 1 aromatic carbocycles. The summed E-state index contributed by atoms with van der Waals surface area (Å²) in [7, 11) is 0. The summed E-state index contributed by atoms with van der Waals surface area (Å²) in [5.41, 5.74) is 1.30. The molecule has 1 rings (SSSR count). The van der Waals surface area contributed by atoms with Crippen molar-refractivity contribution in [2.75, 3.05) is 10.7 Å². The summed E-state index contributed by atoms with van der Waals surface area (Å²) in [4.78, 5) is 11.6. The van der Waals surface area contributed by atoms with Gasteiger partial charge in [-0.3, -0.25) is 10.7 Å². The fraction of sp³-hybridized carbons (Fsp3) is 0.286. The van der Waals surface area contributed by atoms with Crippen molar-refractivity contribution >= 4 is 23.2 Å². The number of ether oxygens (including phenoxy) is 1. The molecule has 0 aliphatic carbocycles. The highest BCUT2D eigenvalue weighted by atomic mass is 19.1. The van der Waals surface area contributed by atoms with E-state index in [1.807, 2.05) is 0 Å². The lowest BCUT2D eigenvalue weighted by molar-refractivity contribution is 0.0636. The highest BCUT2D eigenvalue weighted by Crippen LogP contribution is 2.20. The van der Waals surface area contributed by atoms with Crippen LogP contribution in [0.3, 0.4) is 0 Å². The first-order valence-electron chi connectivity index (χ1n) is 6.18. The summed E-state index contributed by atoms with van der Waals surface area (Å²) in [5, 5.41) is 23.0. The molecule has 0 bridgehead atoms. The molecular formula is C14H14FN5O2. The van der Waals surface area contributed by atoms with Gasteiger partial charge in [-0.15, -0.1) is 0 Å². The highest BCUT2D eigenvalue weighted by molar-refractivity contribution is 6.10. The molecule has 0 aliphatic rings. The van der Waals surface area contributed by atoms with Crippen LogP contribution in [0.15, 0.2) is 23.3 Å². The minimum atomic E-state index is -0.691. The van der Waals surface area contributed by atoms with Gasteiger partial charge in [-0.25, -0.2) is 9.18 Å². The van der Waals surface area contributed by atoms with Gasteiger partial charge in [-0.2, -0.15) is 15.6 Å². The van der Waals surface area contributed by atoms with Crippen LogP contribution in [-0.4, -0.2) is 17.4 Å². The van der Waals surface area contributed by atoms with Gasteiger partial charge in [0, 0.05) is 5.69 Å².